The Kier molecular flexibility index (Phi) is 4.01. The van der Waals surface area contributed by atoms with Gasteiger partial charge in [0.15, 0.2) is 0 Å². The predicted octanol–water partition coefficient (Wildman–Crippen LogP) is 1.62. The van der Waals surface area contributed by atoms with Crippen LogP contribution in [0.15, 0.2) is 24.3 Å². The summed E-state index contributed by atoms with van der Waals surface area (Å²) in [6.07, 6.45) is 2.21. The molecule has 0 aromatic heterocycles. The van der Waals surface area contributed by atoms with E-state index in [9.17, 15) is 4.79 Å². The van der Waals surface area contributed by atoms with Crippen molar-refractivity contribution in [1.82, 2.24) is 4.90 Å². The van der Waals surface area contributed by atoms with E-state index in [1.165, 1.54) is 0 Å². The standard InChI is InChI=1S/C15H18N2O/c1-12-4-3-11-17(12)15(18)14-8-6-13(7-9-14)5-2-10-16/h6-9,12H,3-4,10-11,16H2,1H3. The SMILES string of the molecule is CC1CCCN1C(=O)c1ccc(C#CCN)cc1. The van der Waals surface area contributed by atoms with Gasteiger partial charge in [0, 0.05) is 23.7 Å². The first-order chi connectivity index (χ1) is 8.72. The topological polar surface area (TPSA) is 46.3 Å². The lowest BCUT2D eigenvalue weighted by Crippen LogP contribution is -2.33. The van der Waals surface area contributed by atoms with Gasteiger partial charge >= 0.3 is 0 Å². The lowest BCUT2D eigenvalue weighted by molar-refractivity contribution is 0.0747. The second-order valence-electron chi connectivity index (χ2n) is 4.57. The van der Waals surface area contributed by atoms with Crippen molar-refractivity contribution < 1.29 is 4.79 Å². The molecule has 1 aromatic carbocycles. The van der Waals surface area contributed by atoms with E-state index in [0.717, 1.165) is 30.5 Å². The van der Waals surface area contributed by atoms with Crippen LogP contribution < -0.4 is 5.73 Å². The average Bonchev–Trinajstić information content (AvgIpc) is 2.82. The van der Waals surface area contributed by atoms with Gasteiger partial charge in [-0.15, -0.1) is 0 Å². The Morgan fingerprint density at radius 2 is 2.17 bits per heavy atom. The molecule has 1 aliphatic heterocycles. The van der Waals surface area contributed by atoms with Gasteiger partial charge in [-0.05, 0) is 44.0 Å². The maximum absolute atomic E-state index is 12.3. The molecule has 1 aliphatic rings. The van der Waals surface area contributed by atoms with Gasteiger partial charge in [-0.25, -0.2) is 0 Å². The molecule has 0 bridgehead atoms. The zero-order valence-electron chi connectivity index (χ0n) is 10.6. The number of likely N-dealkylation sites (tertiary alicyclic amines) is 1. The van der Waals surface area contributed by atoms with Crippen molar-refractivity contribution in [2.45, 2.75) is 25.8 Å². The molecule has 0 spiro atoms. The van der Waals surface area contributed by atoms with E-state index in [-0.39, 0.29) is 5.91 Å². The molecule has 2 N–H and O–H groups in total. The molecule has 18 heavy (non-hydrogen) atoms. The molecule has 0 radical (unpaired) electrons. The smallest absolute Gasteiger partial charge is 0.254 e. The molecule has 1 saturated heterocycles. The third-order valence-corrected chi connectivity index (χ3v) is 3.28. The van der Waals surface area contributed by atoms with Crippen LogP contribution >= 0.6 is 0 Å². The summed E-state index contributed by atoms with van der Waals surface area (Å²) in [5, 5.41) is 0. The van der Waals surface area contributed by atoms with Gasteiger partial charge in [0.1, 0.15) is 0 Å². The minimum atomic E-state index is 0.123. The Morgan fingerprint density at radius 3 is 2.72 bits per heavy atom. The summed E-state index contributed by atoms with van der Waals surface area (Å²) >= 11 is 0. The van der Waals surface area contributed by atoms with Crippen LogP contribution in [0.2, 0.25) is 0 Å². The van der Waals surface area contributed by atoms with Crippen molar-refractivity contribution in [2.75, 3.05) is 13.1 Å². The first kappa shape index (κ1) is 12.7. The van der Waals surface area contributed by atoms with Gasteiger partial charge in [-0.2, -0.15) is 0 Å². The van der Waals surface area contributed by atoms with Crippen LogP contribution in [-0.2, 0) is 0 Å². The maximum atomic E-state index is 12.3. The summed E-state index contributed by atoms with van der Waals surface area (Å²) in [7, 11) is 0. The Balaban J connectivity index is 2.11. The zero-order valence-corrected chi connectivity index (χ0v) is 10.6. The lowest BCUT2D eigenvalue weighted by Gasteiger charge is -2.21. The van der Waals surface area contributed by atoms with Crippen LogP contribution in [0, 0.1) is 11.8 Å². The third kappa shape index (κ3) is 2.72. The first-order valence-electron chi connectivity index (χ1n) is 6.32. The number of nitrogens with zero attached hydrogens (tertiary/aromatic N) is 1. The highest BCUT2D eigenvalue weighted by Gasteiger charge is 2.25. The van der Waals surface area contributed by atoms with Gasteiger partial charge in [0.25, 0.3) is 5.91 Å². The summed E-state index contributed by atoms with van der Waals surface area (Å²) in [4.78, 5) is 14.2. The average molecular weight is 242 g/mol. The molecular weight excluding hydrogens is 224 g/mol. The second-order valence-corrected chi connectivity index (χ2v) is 4.57. The molecular formula is C15H18N2O. The molecule has 1 aromatic rings. The minimum absolute atomic E-state index is 0.123. The summed E-state index contributed by atoms with van der Waals surface area (Å²) in [5.74, 6) is 5.87. The van der Waals surface area contributed by atoms with E-state index in [4.69, 9.17) is 5.73 Å². The Hall–Kier alpha value is -1.79. The molecule has 3 heteroatoms. The number of hydrogen-bond donors (Lipinski definition) is 1. The van der Waals surface area contributed by atoms with Crippen molar-refractivity contribution in [3.63, 3.8) is 0 Å². The van der Waals surface area contributed by atoms with E-state index in [1.807, 2.05) is 29.2 Å². The highest BCUT2D eigenvalue weighted by molar-refractivity contribution is 5.94. The predicted molar refractivity (Wildman–Crippen MR) is 72.1 cm³/mol. The van der Waals surface area contributed by atoms with E-state index < -0.39 is 0 Å². The van der Waals surface area contributed by atoms with Crippen LogP contribution in [-0.4, -0.2) is 29.9 Å². The molecule has 1 atom stereocenters. The summed E-state index contributed by atoms with van der Waals surface area (Å²) in [5.41, 5.74) is 6.95. The molecule has 1 fully saturated rings. The number of benzene rings is 1. The van der Waals surface area contributed by atoms with Crippen molar-refractivity contribution in [3.05, 3.63) is 35.4 Å². The summed E-state index contributed by atoms with van der Waals surface area (Å²) in [6, 6.07) is 7.78. The number of rotatable bonds is 1. The van der Waals surface area contributed by atoms with E-state index in [0.29, 0.717) is 12.6 Å². The quantitative estimate of drug-likeness (QED) is 0.761. The second kappa shape index (κ2) is 5.70. The van der Waals surface area contributed by atoms with Crippen molar-refractivity contribution >= 4 is 5.91 Å². The van der Waals surface area contributed by atoms with Crippen molar-refractivity contribution in [1.29, 1.82) is 0 Å². The first-order valence-corrected chi connectivity index (χ1v) is 6.32. The molecule has 1 unspecified atom stereocenters. The molecule has 1 amide bonds. The number of carbonyl (C=O) groups is 1. The van der Waals surface area contributed by atoms with Gasteiger partial charge < -0.3 is 10.6 Å². The Labute approximate surface area is 108 Å². The monoisotopic (exact) mass is 242 g/mol. The van der Waals surface area contributed by atoms with Gasteiger partial charge in [0.2, 0.25) is 0 Å². The largest absolute Gasteiger partial charge is 0.336 e. The molecule has 0 saturated carbocycles. The summed E-state index contributed by atoms with van der Waals surface area (Å²) < 4.78 is 0. The fourth-order valence-corrected chi connectivity index (χ4v) is 2.25. The van der Waals surface area contributed by atoms with Gasteiger partial charge in [-0.1, -0.05) is 11.8 Å². The van der Waals surface area contributed by atoms with Crippen LogP contribution in [0.1, 0.15) is 35.7 Å². The summed E-state index contributed by atoms with van der Waals surface area (Å²) in [6.45, 7) is 3.33. The Bertz CT molecular complexity index is 481. The molecule has 3 nitrogen and oxygen atoms in total. The number of carbonyl (C=O) groups excluding carboxylic acids is 1. The lowest BCUT2D eigenvalue weighted by atomic mass is 10.1. The van der Waals surface area contributed by atoms with Crippen LogP contribution in [0.5, 0.6) is 0 Å². The van der Waals surface area contributed by atoms with E-state index >= 15 is 0 Å². The van der Waals surface area contributed by atoms with Gasteiger partial charge in [0.05, 0.1) is 6.54 Å². The maximum Gasteiger partial charge on any atom is 0.254 e. The Morgan fingerprint density at radius 1 is 1.44 bits per heavy atom. The zero-order chi connectivity index (χ0) is 13.0. The fourth-order valence-electron chi connectivity index (χ4n) is 2.25. The van der Waals surface area contributed by atoms with Crippen molar-refractivity contribution in [3.8, 4) is 11.8 Å². The normalized spacial score (nSPS) is 18.3. The molecule has 0 aliphatic carbocycles. The number of amides is 1. The fraction of sp³-hybridized carbons (Fsp3) is 0.400. The molecule has 1 heterocycles. The van der Waals surface area contributed by atoms with Gasteiger partial charge in [-0.3, -0.25) is 4.79 Å². The number of hydrogen-bond acceptors (Lipinski definition) is 2. The third-order valence-electron chi connectivity index (χ3n) is 3.28. The highest BCUT2D eigenvalue weighted by Crippen LogP contribution is 2.19. The molecule has 2 rings (SSSR count). The van der Waals surface area contributed by atoms with Crippen LogP contribution in [0.3, 0.4) is 0 Å². The highest BCUT2D eigenvalue weighted by atomic mass is 16.2. The van der Waals surface area contributed by atoms with Crippen molar-refractivity contribution in [2.24, 2.45) is 5.73 Å². The van der Waals surface area contributed by atoms with Crippen LogP contribution in [0.25, 0.3) is 0 Å². The molecule has 94 valence electrons. The number of nitrogens with two attached hydrogens (primary N) is 1. The minimum Gasteiger partial charge on any atom is -0.336 e. The van der Waals surface area contributed by atoms with E-state index in [2.05, 4.69) is 18.8 Å². The van der Waals surface area contributed by atoms with Crippen LogP contribution in [0.4, 0.5) is 0 Å². The van der Waals surface area contributed by atoms with E-state index in [1.54, 1.807) is 0 Å².